The van der Waals surface area contributed by atoms with Crippen molar-refractivity contribution in [1.29, 1.82) is 0 Å². The van der Waals surface area contributed by atoms with Gasteiger partial charge in [0, 0.05) is 11.9 Å². The highest BCUT2D eigenvalue weighted by molar-refractivity contribution is 6.33. The van der Waals surface area contributed by atoms with Crippen molar-refractivity contribution in [3.63, 3.8) is 0 Å². The van der Waals surface area contributed by atoms with Gasteiger partial charge < -0.3 is 10.6 Å². The summed E-state index contributed by atoms with van der Waals surface area (Å²) >= 11 is 6.05. The lowest BCUT2D eigenvalue weighted by atomic mass is 10.2. The zero-order chi connectivity index (χ0) is 16.9. The van der Waals surface area contributed by atoms with Crippen LogP contribution in [0, 0.1) is 6.92 Å². The number of amides is 1. The number of anilines is 3. The lowest BCUT2D eigenvalue weighted by Crippen LogP contribution is -2.15. The summed E-state index contributed by atoms with van der Waals surface area (Å²) in [4.78, 5) is 20.8. The SMILES string of the molecule is Cc1ccccc1Nc1nccc(C(=O)Nc2ccccc2Cl)n1. The number of nitrogens with zero attached hydrogens (tertiary/aromatic N) is 2. The van der Waals surface area contributed by atoms with Crippen molar-refractivity contribution in [1.82, 2.24) is 9.97 Å². The summed E-state index contributed by atoms with van der Waals surface area (Å²) in [6, 6.07) is 16.4. The van der Waals surface area contributed by atoms with E-state index in [2.05, 4.69) is 20.6 Å². The average Bonchev–Trinajstić information content (AvgIpc) is 2.59. The second-order valence-electron chi connectivity index (χ2n) is 5.14. The van der Waals surface area contributed by atoms with Crippen molar-refractivity contribution in [2.75, 3.05) is 10.6 Å². The molecule has 1 aromatic heterocycles. The van der Waals surface area contributed by atoms with Crippen LogP contribution >= 0.6 is 11.6 Å². The number of hydrogen-bond acceptors (Lipinski definition) is 4. The lowest BCUT2D eigenvalue weighted by molar-refractivity contribution is 0.102. The van der Waals surface area contributed by atoms with Crippen LogP contribution in [-0.2, 0) is 0 Å². The smallest absolute Gasteiger partial charge is 0.274 e. The second-order valence-corrected chi connectivity index (χ2v) is 5.55. The first-order valence-electron chi connectivity index (χ1n) is 7.35. The Morgan fingerprint density at radius 3 is 2.46 bits per heavy atom. The maximum atomic E-state index is 12.4. The molecule has 1 heterocycles. The standard InChI is InChI=1S/C18H15ClN4O/c1-12-6-2-4-8-14(12)22-18-20-11-10-16(23-18)17(24)21-15-9-5-3-7-13(15)19/h2-11H,1H3,(H,21,24)(H,20,22,23). The number of halogens is 1. The molecular formula is C18H15ClN4O. The van der Waals surface area contributed by atoms with E-state index in [4.69, 9.17) is 11.6 Å². The monoisotopic (exact) mass is 338 g/mol. The molecular weight excluding hydrogens is 324 g/mol. The minimum Gasteiger partial charge on any atom is -0.324 e. The van der Waals surface area contributed by atoms with Gasteiger partial charge >= 0.3 is 0 Å². The molecule has 0 aliphatic heterocycles. The molecule has 1 amide bonds. The topological polar surface area (TPSA) is 66.9 Å². The number of para-hydroxylation sites is 2. The third-order valence-corrected chi connectivity index (χ3v) is 3.73. The zero-order valence-electron chi connectivity index (χ0n) is 13.0. The largest absolute Gasteiger partial charge is 0.324 e. The van der Waals surface area contributed by atoms with Crippen LogP contribution in [0.3, 0.4) is 0 Å². The van der Waals surface area contributed by atoms with Crippen LogP contribution in [0.25, 0.3) is 0 Å². The van der Waals surface area contributed by atoms with E-state index < -0.39 is 0 Å². The fourth-order valence-corrected chi connectivity index (χ4v) is 2.31. The van der Waals surface area contributed by atoms with Gasteiger partial charge in [0.2, 0.25) is 5.95 Å². The number of rotatable bonds is 4. The van der Waals surface area contributed by atoms with Crippen LogP contribution in [0.15, 0.2) is 60.8 Å². The molecule has 24 heavy (non-hydrogen) atoms. The summed E-state index contributed by atoms with van der Waals surface area (Å²) in [6.45, 7) is 1.98. The van der Waals surface area contributed by atoms with Crippen LogP contribution in [0.2, 0.25) is 5.02 Å². The predicted molar refractivity (Wildman–Crippen MR) is 95.9 cm³/mol. The Kier molecular flexibility index (Phi) is 4.72. The van der Waals surface area contributed by atoms with Gasteiger partial charge in [-0.05, 0) is 36.8 Å². The van der Waals surface area contributed by atoms with E-state index in [0.29, 0.717) is 16.7 Å². The number of carbonyl (C=O) groups is 1. The van der Waals surface area contributed by atoms with E-state index in [1.165, 1.54) is 6.20 Å². The van der Waals surface area contributed by atoms with E-state index in [0.717, 1.165) is 11.3 Å². The molecule has 0 fully saturated rings. The number of carbonyl (C=O) groups excluding carboxylic acids is 1. The molecule has 0 saturated carbocycles. The van der Waals surface area contributed by atoms with Gasteiger partial charge in [0.15, 0.2) is 0 Å². The first-order valence-corrected chi connectivity index (χ1v) is 7.73. The number of benzene rings is 2. The Hall–Kier alpha value is -2.92. The summed E-state index contributed by atoms with van der Waals surface area (Å²) in [5.41, 5.74) is 2.74. The van der Waals surface area contributed by atoms with Crippen LogP contribution in [0.1, 0.15) is 16.1 Å². The number of aryl methyl sites for hydroxylation is 1. The minimum atomic E-state index is -0.349. The predicted octanol–water partition coefficient (Wildman–Crippen LogP) is 4.43. The molecule has 2 aromatic carbocycles. The van der Waals surface area contributed by atoms with Gasteiger partial charge in [0.05, 0.1) is 10.7 Å². The van der Waals surface area contributed by atoms with E-state index >= 15 is 0 Å². The average molecular weight is 339 g/mol. The van der Waals surface area contributed by atoms with Gasteiger partial charge in [-0.1, -0.05) is 41.9 Å². The van der Waals surface area contributed by atoms with Crippen LogP contribution in [0.4, 0.5) is 17.3 Å². The number of hydrogen-bond donors (Lipinski definition) is 2. The molecule has 0 saturated heterocycles. The molecule has 3 rings (SSSR count). The molecule has 0 unspecified atom stereocenters. The first kappa shape index (κ1) is 16.0. The van der Waals surface area contributed by atoms with E-state index in [1.807, 2.05) is 31.2 Å². The second kappa shape index (κ2) is 7.10. The molecule has 0 radical (unpaired) electrons. The molecule has 120 valence electrons. The highest BCUT2D eigenvalue weighted by Crippen LogP contribution is 2.21. The van der Waals surface area contributed by atoms with Crippen LogP contribution < -0.4 is 10.6 Å². The summed E-state index contributed by atoms with van der Waals surface area (Å²) in [6.07, 6.45) is 1.54. The zero-order valence-corrected chi connectivity index (χ0v) is 13.7. The third-order valence-electron chi connectivity index (χ3n) is 3.40. The highest BCUT2D eigenvalue weighted by Gasteiger charge is 2.11. The third kappa shape index (κ3) is 3.70. The van der Waals surface area contributed by atoms with E-state index in [1.54, 1.807) is 30.3 Å². The summed E-state index contributed by atoms with van der Waals surface area (Å²) in [5, 5.41) is 6.32. The van der Waals surface area contributed by atoms with E-state index in [-0.39, 0.29) is 11.6 Å². The van der Waals surface area contributed by atoms with Crippen molar-refractivity contribution >= 4 is 34.8 Å². The molecule has 0 bridgehead atoms. The Morgan fingerprint density at radius 1 is 1.00 bits per heavy atom. The van der Waals surface area contributed by atoms with Gasteiger partial charge in [0.25, 0.3) is 5.91 Å². The van der Waals surface area contributed by atoms with Crippen molar-refractivity contribution in [3.8, 4) is 0 Å². The van der Waals surface area contributed by atoms with E-state index in [9.17, 15) is 4.79 Å². The Morgan fingerprint density at radius 2 is 1.71 bits per heavy atom. The maximum absolute atomic E-state index is 12.4. The Labute approximate surface area is 144 Å². The summed E-state index contributed by atoms with van der Waals surface area (Å²) < 4.78 is 0. The normalized spacial score (nSPS) is 10.2. The molecule has 3 aromatic rings. The lowest BCUT2D eigenvalue weighted by Gasteiger charge is -2.09. The number of nitrogens with one attached hydrogen (secondary N) is 2. The van der Waals surface area contributed by atoms with Gasteiger partial charge in [0.1, 0.15) is 5.69 Å². The Balaban J connectivity index is 1.79. The quantitative estimate of drug-likeness (QED) is 0.738. The fraction of sp³-hybridized carbons (Fsp3) is 0.0556. The molecule has 2 N–H and O–H groups in total. The highest BCUT2D eigenvalue weighted by atomic mass is 35.5. The minimum absolute atomic E-state index is 0.251. The molecule has 5 nitrogen and oxygen atoms in total. The van der Waals surface area contributed by atoms with Crippen molar-refractivity contribution in [2.45, 2.75) is 6.92 Å². The van der Waals surface area contributed by atoms with Crippen molar-refractivity contribution in [2.24, 2.45) is 0 Å². The molecule has 0 spiro atoms. The van der Waals surface area contributed by atoms with Crippen molar-refractivity contribution in [3.05, 3.63) is 77.1 Å². The molecule has 0 aliphatic carbocycles. The van der Waals surface area contributed by atoms with Crippen molar-refractivity contribution < 1.29 is 4.79 Å². The van der Waals surface area contributed by atoms with Crippen LogP contribution in [0.5, 0.6) is 0 Å². The van der Waals surface area contributed by atoms with Gasteiger partial charge in [-0.15, -0.1) is 0 Å². The molecule has 0 atom stereocenters. The summed E-state index contributed by atoms with van der Waals surface area (Å²) in [5.74, 6) is 0.00874. The van der Waals surface area contributed by atoms with Crippen LogP contribution in [-0.4, -0.2) is 15.9 Å². The summed E-state index contributed by atoms with van der Waals surface area (Å²) in [7, 11) is 0. The fourth-order valence-electron chi connectivity index (χ4n) is 2.13. The Bertz CT molecular complexity index is 882. The first-order chi connectivity index (χ1) is 11.6. The maximum Gasteiger partial charge on any atom is 0.274 e. The van der Waals surface area contributed by atoms with Gasteiger partial charge in [-0.25, -0.2) is 9.97 Å². The molecule has 0 aliphatic rings. The number of aromatic nitrogens is 2. The van der Waals surface area contributed by atoms with Gasteiger partial charge in [-0.3, -0.25) is 4.79 Å². The molecule has 6 heteroatoms. The van der Waals surface area contributed by atoms with Gasteiger partial charge in [-0.2, -0.15) is 0 Å².